The van der Waals surface area contributed by atoms with E-state index in [9.17, 15) is 14.4 Å². The Labute approximate surface area is 299 Å². The lowest BCUT2D eigenvalue weighted by Crippen LogP contribution is -2.46. The molecule has 12 nitrogen and oxygen atoms in total. The van der Waals surface area contributed by atoms with Gasteiger partial charge in [-0.3, -0.25) is 4.79 Å². The summed E-state index contributed by atoms with van der Waals surface area (Å²) in [5.41, 5.74) is 0.992. The smallest absolute Gasteiger partial charge is 0.344 e. The maximum atomic E-state index is 15.3. The van der Waals surface area contributed by atoms with Gasteiger partial charge in [-0.05, 0) is 49.9 Å². The number of hydrogen-bond acceptors (Lipinski definition) is 12. The highest BCUT2D eigenvalue weighted by Gasteiger charge is 2.45. The normalized spacial score (nSPS) is 19.9. The van der Waals surface area contributed by atoms with Crippen LogP contribution >= 0.6 is 34.5 Å². The number of fused-ring (bicyclic) bond motifs is 3. The Morgan fingerprint density at radius 1 is 1.02 bits per heavy atom. The highest BCUT2D eigenvalue weighted by Crippen LogP contribution is 2.47. The van der Waals surface area contributed by atoms with E-state index in [4.69, 9.17) is 47.4 Å². The number of aliphatic hydroxyl groups excluding tert-OH is 2. The lowest BCUT2D eigenvalue weighted by atomic mass is 9.99. The number of carbonyl (C=O) groups is 3. The number of anilines is 1. The quantitative estimate of drug-likeness (QED) is 0.174. The zero-order valence-electron chi connectivity index (χ0n) is 26.6. The summed E-state index contributed by atoms with van der Waals surface area (Å²) in [6.07, 6.45) is 4.15. The maximum Gasteiger partial charge on any atom is 0.344 e. The third kappa shape index (κ3) is 6.79. The number of aliphatic hydroxyl groups is 2. The van der Waals surface area contributed by atoms with Crippen LogP contribution in [0.2, 0.25) is 10.0 Å². The number of nitrogens with zero attached hydrogens (tertiary/aromatic N) is 4. The molecule has 2 saturated heterocycles. The minimum atomic E-state index is -0.887. The van der Waals surface area contributed by atoms with E-state index in [1.54, 1.807) is 18.2 Å². The largest absolute Gasteiger partial charge is 0.458 e. The van der Waals surface area contributed by atoms with Crippen molar-refractivity contribution in [2.24, 2.45) is 0 Å². The van der Waals surface area contributed by atoms with Gasteiger partial charge in [-0.1, -0.05) is 45.8 Å². The fraction of sp³-hybridized carbons (Fsp3) is 0.441. The second-order valence-corrected chi connectivity index (χ2v) is 14.5. The molecule has 1 amide bonds. The molecule has 4 aromatic rings. The van der Waals surface area contributed by atoms with Gasteiger partial charge in [0.25, 0.3) is 5.91 Å². The van der Waals surface area contributed by atoms with E-state index in [-0.39, 0.29) is 72.7 Å². The molecule has 2 bridgehead atoms. The van der Waals surface area contributed by atoms with Crippen LogP contribution in [0.25, 0.3) is 21.5 Å². The number of carbonyl (C=O) groups excluding carboxylic acids is 3. The summed E-state index contributed by atoms with van der Waals surface area (Å²) < 4.78 is 32.6. The predicted octanol–water partition coefficient (Wildman–Crippen LogP) is 5.60. The molecule has 2 aromatic heterocycles. The lowest BCUT2D eigenvalue weighted by Gasteiger charge is -2.38. The fourth-order valence-electron chi connectivity index (χ4n) is 6.87. The van der Waals surface area contributed by atoms with Crippen molar-refractivity contribution in [2.45, 2.75) is 62.6 Å². The summed E-state index contributed by atoms with van der Waals surface area (Å²) in [6.45, 7) is -1.29. The Balaban J connectivity index is 1.05. The molecule has 1 aliphatic carbocycles. The number of rotatable bonds is 12. The molecule has 2 aliphatic heterocycles. The highest BCUT2D eigenvalue weighted by atomic mass is 35.5. The van der Waals surface area contributed by atoms with Crippen molar-refractivity contribution in [3.05, 3.63) is 63.1 Å². The number of hydrogen-bond donors (Lipinski definition) is 2. The summed E-state index contributed by atoms with van der Waals surface area (Å²) >= 11 is 14.2. The molecule has 4 heterocycles. The number of esters is 2. The number of piperidine rings is 1. The lowest BCUT2D eigenvalue weighted by molar-refractivity contribution is -0.135. The highest BCUT2D eigenvalue weighted by molar-refractivity contribution is 7.22. The second kappa shape index (κ2) is 14.4. The molecule has 2 unspecified atom stereocenters. The summed E-state index contributed by atoms with van der Waals surface area (Å²) in [4.78, 5) is 46.8. The van der Waals surface area contributed by atoms with Gasteiger partial charge >= 0.3 is 11.9 Å². The van der Waals surface area contributed by atoms with Crippen molar-refractivity contribution in [3.63, 3.8) is 0 Å². The zero-order chi connectivity index (χ0) is 35.1. The van der Waals surface area contributed by atoms with E-state index in [1.807, 2.05) is 0 Å². The first-order chi connectivity index (χ1) is 24.2. The Hall–Kier alpha value is -3.82. The fourth-order valence-corrected chi connectivity index (χ4v) is 8.61. The Kier molecular flexibility index (Phi) is 9.99. The van der Waals surface area contributed by atoms with Crippen molar-refractivity contribution in [2.75, 3.05) is 37.8 Å². The van der Waals surface area contributed by atoms with E-state index >= 15 is 4.39 Å². The zero-order valence-corrected chi connectivity index (χ0v) is 29.0. The molecular formula is C34H33Cl2FN4O8S. The Morgan fingerprint density at radius 3 is 2.34 bits per heavy atom. The van der Waals surface area contributed by atoms with Gasteiger partial charge in [0.05, 0.1) is 33.5 Å². The van der Waals surface area contributed by atoms with Crippen molar-refractivity contribution in [3.8, 4) is 11.3 Å². The molecule has 264 valence electrons. The van der Waals surface area contributed by atoms with Gasteiger partial charge in [0.1, 0.15) is 22.9 Å². The van der Waals surface area contributed by atoms with Gasteiger partial charge in [-0.2, -0.15) is 0 Å². The van der Waals surface area contributed by atoms with Gasteiger partial charge in [0, 0.05) is 49.5 Å². The van der Waals surface area contributed by atoms with Crippen LogP contribution in [0.1, 0.15) is 70.9 Å². The minimum absolute atomic E-state index is 0.00531. The van der Waals surface area contributed by atoms with Crippen LogP contribution in [0.4, 0.5) is 9.52 Å². The molecule has 50 heavy (non-hydrogen) atoms. The van der Waals surface area contributed by atoms with Crippen LogP contribution in [0.3, 0.4) is 0 Å². The standard InChI is InChI=1S/C34H33Cl2FN4O8S/c35-22-2-1-3-23(36)27(22)30-28(31(49-39-30)17-4-5-17)33(46)48-21-14-19-6-7-20(15-21)41(19)34-38-29-24(37)12-18(13-25(29)50-34)32(45)47-16-26(44)40(8-10-42)9-11-43/h1-3,12-13,17,19-21,42-43H,4-11,14-16H2. The number of ether oxygens (including phenoxy) is 2. The van der Waals surface area contributed by atoms with Crippen LogP contribution in [0, 0.1) is 5.82 Å². The number of amides is 1. The average molecular weight is 748 g/mol. The summed E-state index contributed by atoms with van der Waals surface area (Å²) in [5.74, 6) is -2.14. The van der Waals surface area contributed by atoms with Crippen LogP contribution in [0.15, 0.2) is 34.9 Å². The average Bonchev–Trinajstić information content (AvgIpc) is 3.59. The van der Waals surface area contributed by atoms with Crippen LogP contribution in [-0.4, -0.2) is 94.2 Å². The first-order valence-electron chi connectivity index (χ1n) is 16.4. The number of aromatic nitrogens is 2. The molecular weight excluding hydrogens is 714 g/mol. The van der Waals surface area contributed by atoms with Crippen LogP contribution < -0.4 is 4.90 Å². The third-order valence-electron chi connectivity index (χ3n) is 9.35. The molecule has 16 heteroatoms. The molecule has 0 spiro atoms. The monoisotopic (exact) mass is 746 g/mol. The van der Waals surface area contributed by atoms with Crippen LogP contribution in [-0.2, 0) is 14.3 Å². The molecule has 2 aromatic carbocycles. The molecule has 0 radical (unpaired) electrons. The van der Waals surface area contributed by atoms with E-state index in [1.165, 1.54) is 22.3 Å². The van der Waals surface area contributed by atoms with E-state index < -0.39 is 30.3 Å². The Morgan fingerprint density at radius 2 is 1.70 bits per heavy atom. The first kappa shape index (κ1) is 34.6. The predicted molar refractivity (Wildman–Crippen MR) is 182 cm³/mol. The van der Waals surface area contributed by atoms with Gasteiger partial charge in [0.15, 0.2) is 23.3 Å². The molecule has 3 aliphatic rings. The van der Waals surface area contributed by atoms with Gasteiger partial charge in [-0.15, -0.1) is 0 Å². The molecule has 2 N–H and O–H groups in total. The van der Waals surface area contributed by atoms with Crippen molar-refractivity contribution < 1.29 is 43.0 Å². The van der Waals surface area contributed by atoms with E-state index in [0.717, 1.165) is 31.7 Å². The third-order valence-corrected chi connectivity index (χ3v) is 11.0. The van der Waals surface area contributed by atoms with Gasteiger partial charge in [0.2, 0.25) is 0 Å². The Bertz CT molecular complexity index is 1910. The molecule has 3 fully saturated rings. The number of halogens is 3. The van der Waals surface area contributed by atoms with Gasteiger partial charge < -0.3 is 34.0 Å². The SMILES string of the molecule is O=C(OCC(=O)N(CCO)CCO)c1cc(F)c2nc(N3C4CCC3CC(OC(=O)c3c(-c5c(Cl)cccc5Cl)noc3C3CC3)C4)sc2c1. The molecule has 2 atom stereocenters. The number of thiazole rings is 1. The van der Waals surface area contributed by atoms with Crippen molar-refractivity contribution in [1.82, 2.24) is 15.0 Å². The van der Waals surface area contributed by atoms with Crippen LogP contribution in [0.5, 0.6) is 0 Å². The summed E-state index contributed by atoms with van der Waals surface area (Å²) in [5, 5.41) is 23.8. The molecule has 1 saturated carbocycles. The second-order valence-electron chi connectivity index (χ2n) is 12.6. The van der Waals surface area contributed by atoms with Crippen molar-refractivity contribution in [1.29, 1.82) is 0 Å². The topological polar surface area (TPSA) is 156 Å². The van der Waals surface area contributed by atoms with Crippen molar-refractivity contribution >= 4 is 67.7 Å². The summed E-state index contributed by atoms with van der Waals surface area (Å²) in [7, 11) is 0. The number of benzene rings is 2. The molecule has 7 rings (SSSR count). The van der Waals surface area contributed by atoms with E-state index in [0.29, 0.717) is 44.0 Å². The first-order valence-corrected chi connectivity index (χ1v) is 17.9. The van der Waals surface area contributed by atoms with E-state index in [2.05, 4.69) is 15.0 Å². The maximum absolute atomic E-state index is 15.3. The van der Waals surface area contributed by atoms with Gasteiger partial charge in [-0.25, -0.2) is 19.0 Å². The minimum Gasteiger partial charge on any atom is -0.458 e. The summed E-state index contributed by atoms with van der Waals surface area (Å²) in [6, 6.07) is 7.57.